The van der Waals surface area contributed by atoms with Crippen molar-refractivity contribution >= 4 is 0 Å². The van der Waals surface area contributed by atoms with E-state index in [1.165, 1.54) is 0 Å². The molecule has 0 aromatic carbocycles. The van der Waals surface area contributed by atoms with Crippen molar-refractivity contribution in [3.05, 3.63) is 17.5 Å². The summed E-state index contributed by atoms with van der Waals surface area (Å²) in [6.07, 6.45) is 1.80. The van der Waals surface area contributed by atoms with Gasteiger partial charge in [0.15, 0.2) is 0 Å². The Hall–Kier alpha value is -0.830. The molecule has 1 aromatic heterocycles. The van der Waals surface area contributed by atoms with Gasteiger partial charge in [-0.15, -0.1) is 0 Å². The predicted octanol–water partition coefficient (Wildman–Crippen LogP) is 0.187. The summed E-state index contributed by atoms with van der Waals surface area (Å²) in [5, 5.41) is 4.02. The van der Waals surface area contributed by atoms with Crippen LogP contribution >= 0.6 is 0 Å². The summed E-state index contributed by atoms with van der Waals surface area (Å²) < 4.78 is 1.82. The van der Waals surface area contributed by atoms with Crippen LogP contribution in [0.3, 0.4) is 0 Å². The van der Waals surface area contributed by atoms with Gasteiger partial charge in [-0.05, 0) is 6.92 Å². The zero-order chi connectivity index (χ0) is 6.85. The van der Waals surface area contributed by atoms with Crippen LogP contribution < -0.4 is 5.73 Å². The van der Waals surface area contributed by atoms with Crippen LogP contribution in [0.15, 0.2) is 6.20 Å². The molecule has 0 saturated carbocycles. The summed E-state index contributed by atoms with van der Waals surface area (Å²) in [6.45, 7) is 2.59. The zero-order valence-corrected chi connectivity index (χ0v) is 5.76. The van der Waals surface area contributed by atoms with Gasteiger partial charge in [0.2, 0.25) is 0 Å². The smallest absolute Gasteiger partial charge is 0.0537 e. The molecule has 3 nitrogen and oxygen atoms in total. The molecular weight excluding hydrogens is 114 g/mol. The van der Waals surface area contributed by atoms with E-state index in [1.807, 2.05) is 18.7 Å². The summed E-state index contributed by atoms with van der Waals surface area (Å²) in [5.74, 6) is 0. The first-order chi connectivity index (χ1) is 4.25. The molecule has 0 bridgehead atoms. The Balaban J connectivity index is 3.04. The van der Waals surface area contributed by atoms with Crippen LogP contribution in [0, 0.1) is 6.92 Å². The van der Waals surface area contributed by atoms with Crippen LogP contribution in [0.2, 0.25) is 0 Å². The van der Waals surface area contributed by atoms with Crippen molar-refractivity contribution in [3.8, 4) is 0 Å². The molecular formula is C6H11N3. The highest BCUT2D eigenvalue weighted by molar-refractivity contribution is 5.14. The maximum Gasteiger partial charge on any atom is 0.0537 e. The van der Waals surface area contributed by atoms with Gasteiger partial charge in [-0.3, -0.25) is 4.68 Å². The van der Waals surface area contributed by atoms with Gasteiger partial charge in [-0.25, -0.2) is 0 Å². The number of hydrogen-bond donors (Lipinski definition) is 1. The Morgan fingerprint density at radius 3 is 2.67 bits per heavy atom. The Labute approximate surface area is 54.5 Å². The highest BCUT2D eigenvalue weighted by Crippen LogP contribution is 2.02. The Bertz CT molecular complexity index is 202. The Kier molecular flexibility index (Phi) is 1.53. The van der Waals surface area contributed by atoms with Gasteiger partial charge in [0, 0.05) is 24.8 Å². The first-order valence-corrected chi connectivity index (χ1v) is 2.93. The van der Waals surface area contributed by atoms with Crippen LogP contribution in [-0.4, -0.2) is 9.78 Å². The first-order valence-electron chi connectivity index (χ1n) is 2.93. The molecule has 0 saturated heterocycles. The van der Waals surface area contributed by atoms with Gasteiger partial charge in [0.1, 0.15) is 0 Å². The fourth-order valence-corrected chi connectivity index (χ4v) is 0.745. The summed E-state index contributed by atoms with van der Waals surface area (Å²) in [4.78, 5) is 0. The monoisotopic (exact) mass is 125 g/mol. The van der Waals surface area contributed by atoms with Crippen molar-refractivity contribution in [2.24, 2.45) is 12.8 Å². The highest BCUT2D eigenvalue weighted by Gasteiger charge is 1.98. The van der Waals surface area contributed by atoms with E-state index in [2.05, 4.69) is 5.10 Å². The molecule has 0 aliphatic rings. The molecule has 9 heavy (non-hydrogen) atoms. The lowest BCUT2D eigenvalue weighted by Gasteiger charge is -1.93. The maximum atomic E-state index is 5.41. The van der Waals surface area contributed by atoms with Crippen LogP contribution in [0.5, 0.6) is 0 Å². The normalized spacial score (nSPS) is 10.1. The van der Waals surface area contributed by atoms with Crippen molar-refractivity contribution in [1.29, 1.82) is 0 Å². The molecule has 0 fully saturated rings. The van der Waals surface area contributed by atoms with Crippen molar-refractivity contribution in [3.63, 3.8) is 0 Å². The van der Waals surface area contributed by atoms with E-state index >= 15 is 0 Å². The molecule has 1 aromatic rings. The number of aryl methyl sites for hydroxylation is 1. The summed E-state index contributed by atoms with van der Waals surface area (Å²) in [7, 11) is 1.91. The molecule has 1 heterocycles. The molecule has 2 N–H and O–H groups in total. The van der Waals surface area contributed by atoms with Crippen LogP contribution in [0.25, 0.3) is 0 Å². The van der Waals surface area contributed by atoms with Gasteiger partial charge < -0.3 is 5.73 Å². The van der Waals surface area contributed by atoms with Gasteiger partial charge in [-0.1, -0.05) is 0 Å². The van der Waals surface area contributed by atoms with Crippen LogP contribution in [0.4, 0.5) is 0 Å². The minimum Gasteiger partial charge on any atom is -0.326 e. The molecule has 0 atom stereocenters. The number of nitrogens with zero attached hydrogens (tertiary/aromatic N) is 2. The van der Waals surface area contributed by atoms with E-state index < -0.39 is 0 Å². The van der Waals surface area contributed by atoms with Gasteiger partial charge >= 0.3 is 0 Å². The summed E-state index contributed by atoms with van der Waals surface area (Å²) in [5.41, 5.74) is 7.68. The average Bonchev–Trinajstić information content (AvgIpc) is 2.15. The number of rotatable bonds is 1. The van der Waals surface area contributed by atoms with E-state index in [-0.39, 0.29) is 0 Å². The molecule has 3 heteroatoms. The molecule has 0 aliphatic carbocycles. The second-order valence-electron chi connectivity index (χ2n) is 2.08. The number of nitrogens with two attached hydrogens (primary N) is 1. The maximum absolute atomic E-state index is 5.41. The van der Waals surface area contributed by atoms with E-state index in [1.54, 1.807) is 6.20 Å². The highest BCUT2D eigenvalue weighted by atomic mass is 15.3. The second-order valence-corrected chi connectivity index (χ2v) is 2.08. The SMILES string of the molecule is Cc1c(CN)cnn1C. The fourth-order valence-electron chi connectivity index (χ4n) is 0.745. The van der Waals surface area contributed by atoms with Gasteiger partial charge in [-0.2, -0.15) is 5.10 Å². The minimum absolute atomic E-state index is 0.583. The lowest BCUT2D eigenvalue weighted by Crippen LogP contribution is -1.98. The van der Waals surface area contributed by atoms with Crippen LogP contribution in [0.1, 0.15) is 11.3 Å². The number of hydrogen-bond acceptors (Lipinski definition) is 2. The molecule has 0 unspecified atom stereocenters. The van der Waals surface area contributed by atoms with E-state index in [4.69, 9.17) is 5.73 Å². The fraction of sp³-hybridized carbons (Fsp3) is 0.500. The minimum atomic E-state index is 0.583. The number of aromatic nitrogens is 2. The van der Waals surface area contributed by atoms with Gasteiger partial charge in [0.05, 0.1) is 6.20 Å². The summed E-state index contributed by atoms with van der Waals surface area (Å²) >= 11 is 0. The van der Waals surface area contributed by atoms with E-state index in [9.17, 15) is 0 Å². The van der Waals surface area contributed by atoms with Crippen molar-refractivity contribution in [2.45, 2.75) is 13.5 Å². The topological polar surface area (TPSA) is 43.8 Å². The Morgan fingerprint density at radius 2 is 2.44 bits per heavy atom. The van der Waals surface area contributed by atoms with E-state index in [0.29, 0.717) is 6.54 Å². The van der Waals surface area contributed by atoms with E-state index in [0.717, 1.165) is 11.3 Å². The first kappa shape index (κ1) is 6.29. The van der Waals surface area contributed by atoms with Crippen molar-refractivity contribution in [1.82, 2.24) is 9.78 Å². The van der Waals surface area contributed by atoms with Crippen molar-refractivity contribution in [2.75, 3.05) is 0 Å². The molecule has 50 valence electrons. The zero-order valence-electron chi connectivity index (χ0n) is 5.76. The molecule has 1 rings (SSSR count). The third-order valence-electron chi connectivity index (χ3n) is 1.56. The third kappa shape index (κ3) is 0.954. The quantitative estimate of drug-likeness (QED) is 0.582. The van der Waals surface area contributed by atoms with Crippen molar-refractivity contribution < 1.29 is 0 Å². The second kappa shape index (κ2) is 2.19. The lowest BCUT2D eigenvalue weighted by molar-refractivity contribution is 0.737. The molecule has 0 amide bonds. The Morgan fingerprint density at radius 1 is 1.78 bits per heavy atom. The third-order valence-corrected chi connectivity index (χ3v) is 1.56. The van der Waals surface area contributed by atoms with Gasteiger partial charge in [0.25, 0.3) is 0 Å². The van der Waals surface area contributed by atoms with Crippen LogP contribution in [-0.2, 0) is 13.6 Å². The average molecular weight is 125 g/mol. The molecule has 0 radical (unpaired) electrons. The lowest BCUT2D eigenvalue weighted by atomic mass is 10.3. The molecule has 0 aliphatic heterocycles. The largest absolute Gasteiger partial charge is 0.326 e. The summed E-state index contributed by atoms with van der Waals surface area (Å²) in [6, 6.07) is 0. The molecule has 0 spiro atoms. The predicted molar refractivity (Wildman–Crippen MR) is 35.8 cm³/mol. The standard InChI is InChI=1S/C6H11N3/c1-5-6(3-7)4-8-9(5)2/h4H,3,7H2,1-2H3.